The van der Waals surface area contributed by atoms with Gasteiger partial charge in [0.2, 0.25) is 5.91 Å². The average molecular weight is 480 g/mol. The van der Waals surface area contributed by atoms with E-state index in [1.165, 1.54) is 23.1 Å². The number of thiophene rings is 1. The summed E-state index contributed by atoms with van der Waals surface area (Å²) in [5.41, 5.74) is 2.60. The molecule has 0 bridgehead atoms. The van der Waals surface area contributed by atoms with Crippen LogP contribution in [0.25, 0.3) is 10.2 Å². The topological polar surface area (TPSA) is 84.1 Å². The van der Waals surface area contributed by atoms with Crippen molar-refractivity contribution >= 4 is 44.9 Å². The summed E-state index contributed by atoms with van der Waals surface area (Å²) in [5, 5.41) is 3.25. The second kappa shape index (κ2) is 9.80. The second-order valence-electron chi connectivity index (χ2n) is 7.83. The molecule has 2 aromatic heterocycles. The molecule has 6 nitrogen and oxygen atoms in total. The lowest BCUT2D eigenvalue weighted by Crippen LogP contribution is -2.23. The first-order chi connectivity index (χ1) is 15.8. The normalized spacial score (nSPS) is 12.0. The third-order valence-electron chi connectivity index (χ3n) is 5.32. The number of para-hydroxylation sites is 2. The molecule has 33 heavy (non-hydrogen) atoms. The first-order valence-corrected chi connectivity index (χ1v) is 12.4. The number of hydrogen-bond donors (Lipinski definition) is 2. The van der Waals surface area contributed by atoms with Gasteiger partial charge >= 0.3 is 0 Å². The lowest BCUT2D eigenvalue weighted by Gasteiger charge is -2.15. The Balaban J connectivity index is 1.42. The zero-order valence-corrected chi connectivity index (χ0v) is 20.5. The fraction of sp³-hybridized carbons (Fsp3) is 0.240. The number of aromatic nitrogens is 2. The highest BCUT2D eigenvalue weighted by atomic mass is 32.2. The SMILES string of the molecule is Cc1ccc(Oc2ccccc2NC(=O)C(C)SCc2nc3sc(C)c(C)c3c(=O)[nH]2)cc1. The van der Waals surface area contributed by atoms with Gasteiger partial charge in [-0.1, -0.05) is 29.8 Å². The van der Waals surface area contributed by atoms with Crippen LogP contribution in [0.15, 0.2) is 53.3 Å². The molecular weight excluding hydrogens is 454 g/mol. The summed E-state index contributed by atoms with van der Waals surface area (Å²) in [6.45, 7) is 7.77. The molecule has 0 spiro atoms. The van der Waals surface area contributed by atoms with Crippen LogP contribution >= 0.6 is 23.1 Å². The molecule has 2 heterocycles. The van der Waals surface area contributed by atoms with Crippen molar-refractivity contribution in [3.8, 4) is 11.5 Å². The molecule has 4 rings (SSSR count). The summed E-state index contributed by atoms with van der Waals surface area (Å²) in [4.78, 5) is 34.6. The number of rotatable bonds is 7. The number of nitrogens with zero attached hydrogens (tertiary/aromatic N) is 1. The van der Waals surface area contributed by atoms with Crippen molar-refractivity contribution in [2.24, 2.45) is 0 Å². The Morgan fingerprint density at radius 3 is 2.64 bits per heavy atom. The van der Waals surface area contributed by atoms with Gasteiger partial charge in [-0.05, 0) is 57.5 Å². The van der Waals surface area contributed by atoms with E-state index in [1.54, 1.807) is 0 Å². The van der Waals surface area contributed by atoms with Crippen molar-refractivity contribution < 1.29 is 9.53 Å². The Bertz CT molecular complexity index is 1360. The van der Waals surface area contributed by atoms with Gasteiger partial charge in [0.25, 0.3) is 5.56 Å². The van der Waals surface area contributed by atoms with Crippen LogP contribution in [0, 0.1) is 20.8 Å². The van der Waals surface area contributed by atoms with Crippen molar-refractivity contribution in [2.75, 3.05) is 5.32 Å². The largest absolute Gasteiger partial charge is 0.455 e. The Labute approximate surface area is 200 Å². The molecule has 0 saturated carbocycles. The van der Waals surface area contributed by atoms with Gasteiger partial charge < -0.3 is 15.0 Å². The van der Waals surface area contributed by atoms with E-state index in [1.807, 2.05) is 76.2 Å². The predicted octanol–water partition coefficient (Wildman–Crippen LogP) is 5.96. The van der Waals surface area contributed by atoms with E-state index in [4.69, 9.17) is 4.74 Å². The highest BCUT2D eigenvalue weighted by Gasteiger charge is 2.18. The highest BCUT2D eigenvalue weighted by molar-refractivity contribution is 7.99. The Morgan fingerprint density at radius 1 is 1.15 bits per heavy atom. The van der Waals surface area contributed by atoms with Crippen molar-refractivity contribution in [3.63, 3.8) is 0 Å². The number of fused-ring (bicyclic) bond motifs is 1. The van der Waals surface area contributed by atoms with Crippen molar-refractivity contribution in [1.29, 1.82) is 0 Å². The molecule has 0 aliphatic carbocycles. The van der Waals surface area contributed by atoms with Gasteiger partial charge in [-0.3, -0.25) is 9.59 Å². The summed E-state index contributed by atoms with van der Waals surface area (Å²) in [7, 11) is 0. The maximum absolute atomic E-state index is 12.8. The van der Waals surface area contributed by atoms with Crippen LogP contribution < -0.4 is 15.6 Å². The zero-order chi connectivity index (χ0) is 23.5. The minimum Gasteiger partial charge on any atom is -0.455 e. The van der Waals surface area contributed by atoms with Gasteiger partial charge in [0, 0.05) is 4.88 Å². The zero-order valence-electron chi connectivity index (χ0n) is 18.9. The van der Waals surface area contributed by atoms with E-state index < -0.39 is 0 Å². The second-order valence-corrected chi connectivity index (χ2v) is 10.4. The minimum absolute atomic E-state index is 0.128. The van der Waals surface area contributed by atoms with Crippen LogP contribution in [0.4, 0.5) is 5.69 Å². The molecule has 1 unspecified atom stereocenters. The molecule has 1 amide bonds. The quantitative estimate of drug-likeness (QED) is 0.342. The smallest absolute Gasteiger partial charge is 0.259 e. The van der Waals surface area contributed by atoms with Crippen LogP contribution in [-0.2, 0) is 10.5 Å². The number of benzene rings is 2. The van der Waals surface area contributed by atoms with E-state index in [0.717, 1.165) is 20.8 Å². The monoisotopic (exact) mass is 479 g/mol. The predicted molar refractivity (Wildman–Crippen MR) is 137 cm³/mol. The van der Waals surface area contributed by atoms with Gasteiger partial charge in [-0.2, -0.15) is 0 Å². The molecule has 0 saturated heterocycles. The molecular formula is C25H25N3O3S2. The molecule has 0 aliphatic rings. The van der Waals surface area contributed by atoms with Gasteiger partial charge in [0.15, 0.2) is 5.75 Å². The number of H-pyrrole nitrogens is 1. The van der Waals surface area contributed by atoms with Crippen molar-refractivity contribution in [1.82, 2.24) is 9.97 Å². The summed E-state index contributed by atoms with van der Waals surface area (Å²) in [6.07, 6.45) is 0. The van der Waals surface area contributed by atoms with Crippen molar-refractivity contribution in [3.05, 3.63) is 80.7 Å². The molecule has 170 valence electrons. The molecule has 2 aromatic carbocycles. The number of ether oxygens (including phenoxy) is 1. The van der Waals surface area contributed by atoms with E-state index in [0.29, 0.717) is 34.1 Å². The Morgan fingerprint density at radius 2 is 1.88 bits per heavy atom. The lowest BCUT2D eigenvalue weighted by atomic mass is 10.2. The lowest BCUT2D eigenvalue weighted by molar-refractivity contribution is -0.115. The summed E-state index contributed by atoms with van der Waals surface area (Å²) in [5.74, 6) is 2.13. The minimum atomic E-state index is -0.356. The number of aromatic amines is 1. The van der Waals surface area contributed by atoms with Gasteiger partial charge in [-0.25, -0.2) is 4.98 Å². The van der Waals surface area contributed by atoms with Crippen LogP contribution in [0.3, 0.4) is 0 Å². The van der Waals surface area contributed by atoms with E-state index >= 15 is 0 Å². The number of hydrogen-bond acceptors (Lipinski definition) is 6. The molecule has 2 N–H and O–H groups in total. The van der Waals surface area contributed by atoms with Gasteiger partial charge in [-0.15, -0.1) is 23.1 Å². The maximum Gasteiger partial charge on any atom is 0.259 e. The van der Waals surface area contributed by atoms with Crippen LogP contribution in [0.1, 0.15) is 28.8 Å². The van der Waals surface area contributed by atoms with Gasteiger partial charge in [0.1, 0.15) is 16.4 Å². The number of aryl methyl sites for hydroxylation is 3. The molecule has 0 fully saturated rings. The fourth-order valence-electron chi connectivity index (χ4n) is 3.27. The summed E-state index contributed by atoms with van der Waals surface area (Å²) >= 11 is 2.93. The van der Waals surface area contributed by atoms with Crippen LogP contribution in [0.5, 0.6) is 11.5 Å². The summed E-state index contributed by atoms with van der Waals surface area (Å²) in [6, 6.07) is 15.1. The molecule has 1 atom stereocenters. The number of nitrogens with one attached hydrogen (secondary N) is 2. The Hall–Kier alpha value is -3.10. The highest BCUT2D eigenvalue weighted by Crippen LogP contribution is 2.30. The maximum atomic E-state index is 12.8. The first kappa shape index (κ1) is 23.1. The van der Waals surface area contributed by atoms with Gasteiger partial charge in [0.05, 0.1) is 22.1 Å². The number of anilines is 1. The molecule has 0 radical (unpaired) electrons. The summed E-state index contributed by atoms with van der Waals surface area (Å²) < 4.78 is 5.97. The van der Waals surface area contributed by atoms with Crippen LogP contribution in [-0.4, -0.2) is 21.1 Å². The number of thioether (sulfide) groups is 1. The third kappa shape index (κ3) is 5.29. The number of carbonyl (C=O) groups is 1. The molecule has 8 heteroatoms. The molecule has 4 aromatic rings. The first-order valence-electron chi connectivity index (χ1n) is 10.6. The van der Waals surface area contributed by atoms with Crippen molar-refractivity contribution in [2.45, 2.75) is 38.7 Å². The van der Waals surface area contributed by atoms with E-state index in [-0.39, 0.29) is 16.7 Å². The van der Waals surface area contributed by atoms with Crippen LogP contribution in [0.2, 0.25) is 0 Å². The number of amides is 1. The van der Waals surface area contributed by atoms with E-state index in [2.05, 4.69) is 15.3 Å². The fourth-order valence-corrected chi connectivity index (χ4v) is 5.08. The third-order valence-corrected chi connectivity index (χ3v) is 7.58. The van der Waals surface area contributed by atoms with E-state index in [9.17, 15) is 9.59 Å². The Kier molecular flexibility index (Phi) is 6.85. The average Bonchev–Trinajstić information content (AvgIpc) is 3.08. The standard InChI is InChI=1S/C25H25N3O3S2/c1-14-9-11-18(12-10-14)31-20-8-6-5-7-19(20)26-23(29)17(4)32-13-21-27-24(30)22-15(2)16(3)33-25(22)28-21/h5-12,17H,13H2,1-4H3,(H,26,29)(H,27,28,30). The number of carbonyl (C=O) groups excluding carboxylic acids is 1. The molecule has 0 aliphatic heterocycles.